The zero-order valence-electron chi connectivity index (χ0n) is 11.9. The third-order valence-corrected chi connectivity index (χ3v) is 3.94. The first kappa shape index (κ1) is 14.5. The molecule has 21 heavy (non-hydrogen) atoms. The van der Waals surface area contributed by atoms with Gasteiger partial charge in [0.05, 0.1) is 5.69 Å². The van der Waals surface area contributed by atoms with Gasteiger partial charge in [0.1, 0.15) is 22.9 Å². The lowest BCUT2D eigenvalue weighted by Crippen LogP contribution is -2.09. The molecule has 1 aliphatic rings. The fraction of sp³-hybridized carbons (Fsp3) is 0.500. The maximum Gasteiger partial charge on any atom is 0.220 e. The molecule has 0 spiro atoms. The average Bonchev–Trinajstić information content (AvgIpc) is 3.24. The van der Waals surface area contributed by atoms with Crippen molar-refractivity contribution in [2.45, 2.75) is 38.8 Å². The van der Waals surface area contributed by atoms with Crippen molar-refractivity contribution in [1.29, 1.82) is 0 Å². The van der Waals surface area contributed by atoms with E-state index in [4.69, 9.17) is 10.5 Å². The van der Waals surface area contributed by atoms with Gasteiger partial charge in [-0.25, -0.2) is 15.0 Å². The van der Waals surface area contributed by atoms with Crippen LogP contribution in [0.25, 0.3) is 11.4 Å². The molecular weight excluding hydrogens is 334 g/mol. The quantitative estimate of drug-likeness (QED) is 0.809. The van der Waals surface area contributed by atoms with Crippen molar-refractivity contribution in [2.24, 2.45) is 0 Å². The zero-order valence-corrected chi connectivity index (χ0v) is 13.5. The highest BCUT2D eigenvalue weighted by Gasteiger charge is 2.31. The Morgan fingerprint density at radius 2 is 2.24 bits per heavy atom. The van der Waals surface area contributed by atoms with Gasteiger partial charge in [0, 0.05) is 18.7 Å². The van der Waals surface area contributed by atoms with Crippen molar-refractivity contribution in [3.05, 3.63) is 22.7 Å². The van der Waals surface area contributed by atoms with Crippen molar-refractivity contribution in [2.75, 3.05) is 12.3 Å². The van der Waals surface area contributed by atoms with Crippen LogP contribution in [0.1, 0.15) is 37.9 Å². The molecular formula is C14H18BrN5O. The van der Waals surface area contributed by atoms with Gasteiger partial charge in [0.2, 0.25) is 5.95 Å². The van der Waals surface area contributed by atoms with Crippen molar-refractivity contribution in [1.82, 2.24) is 19.5 Å². The van der Waals surface area contributed by atoms with Crippen molar-refractivity contribution >= 4 is 21.9 Å². The first-order valence-electron chi connectivity index (χ1n) is 7.13. The third-order valence-electron chi connectivity index (χ3n) is 3.38. The molecule has 2 aromatic heterocycles. The number of rotatable bonds is 6. The number of nitrogens with zero attached hydrogens (tertiary/aromatic N) is 4. The summed E-state index contributed by atoms with van der Waals surface area (Å²) in [6.45, 7) is 3.31. The van der Waals surface area contributed by atoms with E-state index in [0.717, 1.165) is 34.8 Å². The van der Waals surface area contributed by atoms with E-state index in [9.17, 15) is 0 Å². The summed E-state index contributed by atoms with van der Waals surface area (Å²) in [5, 5.41) is 0. The van der Waals surface area contributed by atoms with Crippen LogP contribution in [0.3, 0.4) is 0 Å². The summed E-state index contributed by atoms with van der Waals surface area (Å²) in [5.41, 5.74) is 7.36. The molecule has 2 N–H and O–H groups in total. The Morgan fingerprint density at radius 1 is 1.43 bits per heavy atom. The Hall–Kier alpha value is -1.47. The molecule has 0 radical (unpaired) electrons. The second-order valence-electron chi connectivity index (χ2n) is 5.15. The zero-order chi connectivity index (χ0) is 14.8. The number of aromatic nitrogens is 4. The molecule has 0 unspecified atom stereocenters. The molecule has 3 rings (SSSR count). The maximum absolute atomic E-state index is 5.72. The molecule has 112 valence electrons. The second-order valence-corrected chi connectivity index (χ2v) is 5.90. The second kappa shape index (κ2) is 6.11. The van der Waals surface area contributed by atoms with Gasteiger partial charge < -0.3 is 15.0 Å². The Bertz CT molecular complexity index is 638. The minimum absolute atomic E-state index is 0.259. The Labute approximate surface area is 131 Å². The number of anilines is 1. The maximum atomic E-state index is 5.72. The summed E-state index contributed by atoms with van der Waals surface area (Å²) in [6, 6.07) is 1.84. The van der Waals surface area contributed by atoms with E-state index in [2.05, 4.69) is 42.4 Å². The molecule has 7 heteroatoms. The molecule has 2 heterocycles. The molecule has 0 atom stereocenters. The number of hydrogen-bond donors (Lipinski definition) is 1. The fourth-order valence-corrected chi connectivity index (χ4v) is 2.87. The monoisotopic (exact) mass is 351 g/mol. The van der Waals surface area contributed by atoms with Gasteiger partial charge in [-0.15, -0.1) is 0 Å². The van der Waals surface area contributed by atoms with Gasteiger partial charge in [-0.1, -0.05) is 6.92 Å². The first-order valence-corrected chi connectivity index (χ1v) is 7.92. The van der Waals surface area contributed by atoms with Crippen molar-refractivity contribution < 1.29 is 4.74 Å². The smallest absolute Gasteiger partial charge is 0.220 e. The minimum Gasteiger partial charge on any atom is -0.368 e. The first-order chi connectivity index (χ1) is 10.2. The van der Waals surface area contributed by atoms with E-state index in [1.165, 1.54) is 12.8 Å². The normalized spacial score (nSPS) is 14.6. The molecule has 0 aliphatic heterocycles. The SMILES string of the molecule is CCCOCn1c(C2CC2)nc(Br)c1-c1ccnc(N)n1. The van der Waals surface area contributed by atoms with Gasteiger partial charge in [-0.2, -0.15) is 0 Å². The van der Waals surface area contributed by atoms with Gasteiger partial charge in [0.15, 0.2) is 0 Å². The summed E-state index contributed by atoms with van der Waals surface area (Å²) < 4.78 is 8.60. The standard InChI is InChI=1S/C14H18BrN5O/c1-2-7-21-8-20-11(10-5-6-17-14(16)18-10)12(15)19-13(20)9-3-4-9/h5-6,9H,2-4,7-8H2,1H3,(H2,16,17,18). The number of nitrogens with two attached hydrogens (primary N) is 1. The van der Waals surface area contributed by atoms with Crippen LogP contribution < -0.4 is 5.73 Å². The van der Waals surface area contributed by atoms with Crippen molar-refractivity contribution in [3.63, 3.8) is 0 Å². The van der Waals surface area contributed by atoms with E-state index < -0.39 is 0 Å². The molecule has 0 amide bonds. The molecule has 6 nitrogen and oxygen atoms in total. The van der Waals surface area contributed by atoms with Crippen LogP contribution in [0.5, 0.6) is 0 Å². The van der Waals surface area contributed by atoms with E-state index in [1.807, 2.05) is 6.07 Å². The van der Waals surface area contributed by atoms with E-state index in [0.29, 0.717) is 12.6 Å². The van der Waals surface area contributed by atoms with Crippen molar-refractivity contribution in [3.8, 4) is 11.4 Å². The molecule has 1 saturated carbocycles. The predicted octanol–water partition coefficient (Wildman–Crippen LogP) is 2.95. The van der Waals surface area contributed by atoms with Crippen LogP contribution >= 0.6 is 15.9 Å². The Morgan fingerprint density at radius 3 is 2.90 bits per heavy atom. The van der Waals surface area contributed by atoms with Gasteiger partial charge in [-0.05, 0) is 41.3 Å². The molecule has 1 aliphatic carbocycles. The molecule has 0 saturated heterocycles. The van der Waals surface area contributed by atoms with E-state index >= 15 is 0 Å². The predicted molar refractivity (Wildman–Crippen MR) is 83.6 cm³/mol. The van der Waals surface area contributed by atoms with Gasteiger partial charge in [0.25, 0.3) is 0 Å². The number of ether oxygens (including phenoxy) is 1. The van der Waals surface area contributed by atoms with Gasteiger partial charge in [-0.3, -0.25) is 0 Å². The lowest BCUT2D eigenvalue weighted by molar-refractivity contribution is 0.0765. The highest BCUT2D eigenvalue weighted by Crippen LogP contribution is 2.42. The van der Waals surface area contributed by atoms with Crippen LogP contribution in [0.4, 0.5) is 5.95 Å². The molecule has 0 bridgehead atoms. The van der Waals surface area contributed by atoms with Crippen LogP contribution in [-0.2, 0) is 11.5 Å². The lowest BCUT2D eigenvalue weighted by Gasteiger charge is -2.12. The largest absolute Gasteiger partial charge is 0.368 e. The third kappa shape index (κ3) is 3.08. The fourth-order valence-electron chi connectivity index (χ4n) is 2.27. The summed E-state index contributed by atoms with van der Waals surface area (Å²) in [5.74, 6) is 1.85. The number of nitrogen functional groups attached to an aromatic ring is 1. The van der Waals surface area contributed by atoms with Gasteiger partial charge >= 0.3 is 0 Å². The Kier molecular flexibility index (Phi) is 4.21. The lowest BCUT2D eigenvalue weighted by atomic mass is 10.3. The summed E-state index contributed by atoms with van der Waals surface area (Å²) in [4.78, 5) is 12.9. The van der Waals surface area contributed by atoms with Crippen LogP contribution in [0.15, 0.2) is 16.9 Å². The van der Waals surface area contributed by atoms with E-state index in [-0.39, 0.29) is 5.95 Å². The average molecular weight is 352 g/mol. The summed E-state index contributed by atoms with van der Waals surface area (Å²) >= 11 is 3.55. The highest BCUT2D eigenvalue weighted by atomic mass is 79.9. The number of hydrogen-bond acceptors (Lipinski definition) is 5. The van der Waals surface area contributed by atoms with Crippen LogP contribution in [0.2, 0.25) is 0 Å². The van der Waals surface area contributed by atoms with Crippen LogP contribution in [0, 0.1) is 0 Å². The minimum atomic E-state index is 0.259. The summed E-state index contributed by atoms with van der Waals surface area (Å²) in [6.07, 6.45) is 5.01. The number of imidazole rings is 1. The van der Waals surface area contributed by atoms with Crippen LogP contribution in [-0.4, -0.2) is 26.1 Å². The number of halogens is 1. The van der Waals surface area contributed by atoms with E-state index in [1.54, 1.807) is 6.20 Å². The summed E-state index contributed by atoms with van der Waals surface area (Å²) in [7, 11) is 0. The topological polar surface area (TPSA) is 78.8 Å². The molecule has 0 aromatic carbocycles. The molecule has 2 aromatic rings. The highest BCUT2D eigenvalue weighted by molar-refractivity contribution is 9.10. The Balaban J connectivity index is 2.01. The molecule has 1 fully saturated rings.